The van der Waals surface area contributed by atoms with Gasteiger partial charge in [-0.3, -0.25) is 9.69 Å². The highest BCUT2D eigenvalue weighted by atomic mass is 16.5. The van der Waals surface area contributed by atoms with Crippen molar-refractivity contribution in [2.75, 3.05) is 21.1 Å². The van der Waals surface area contributed by atoms with E-state index in [0.717, 1.165) is 31.2 Å². The van der Waals surface area contributed by atoms with Gasteiger partial charge in [-0.25, -0.2) is 0 Å². The summed E-state index contributed by atoms with van der Waals surface area (Å²) in [6, 6.07) is 7.77. The van der Waals surface area contributed by atoms with E-state index in [9.17, 15) is 4.79 Å². The zero-order valence-corrected chi connectivity index (χ0v) is 13.3. The van der Waals surface area contributed by atoms with Gasteiger partial charge in [0, 0.05) is 0 Å². The fraction of sp³-hybridized carbons (Fsp3) is 0.588. The molecule has 1 aliphatic carbocycles. The molecule has 1 saturated carbocycles. The number of ether oxygens (including phenoxy) is 1. The number of benzene rings is 1. The Bertz CT molecular complexity index is 450. The monoisotopic (exact) mass is 290 g/mol. The molecule has 2 rings (SSSR count). The molecule has 4 nitrogen and oxygen atoms in total. The van der Waals surface area contributed by atoms with E-state index in [4.69, 9.17) is 4.74 Å². The summed E-state index contributed by atoms with van der Waals surface area (Å²) in [6.07, 6.45) is 5.64. The first-order valence-corrected chi connectivity index (χ1v) is 7.77. The lowest BCUT2D eigenvalue weighted by Crippen LogP contribution is -2.30. The van der Waals surface area contributed by atoms with Crippen molar-refractivity contribution in [3.63, 3.8) is 0 Å². The first-order valence-electron chi connectivity index (χ1n) is 7.77. The summed E-state index contributed by atoms with van der Waals surface area (Å²) in [4.78, 5) is 14.2. The molecule has 1 N–H and O–H groups in total. The maximum absolute atomic E-state index is 12.1. The Labute approximate surface area is 127 Å². The maximum atomic E-state index is 12.1. The highest BCUT2D eigenvalue weighted by Crippen LogP contribution is 2.26. The van der Waals surface area contributed by atoms with E-state index in [0.29, 0.717) is 5.75 Å². The molecule has 21 heavy (non-hydrogen) atoms. The first kappa shape index (κ1) is 16.0. The topological polar surface area (TPSA) is 41.6 Å². The van der Waals surface area contributed by atoms with Crippen LogP contribution in [-0.4, -0.2) is 32.0 Å². The molecule has 0 amide bonds. The number of esters is 1. The van der Waals surface area contributed by atoms with Crippen LogP contribution in [-0.2, 0) is 4.79 Å². The smallest absolute Gasteiger partial charge is 0.314 e. The zero-order chi connectivity index (χ0) is 15.2. The summed E-state index contributed by atoms with van der Waals surface area (Å²) in [5, 5.41) is 3.25. The van der Waals surface area contributed by atoms with Gasteiger partial charge in [0.1, 0.15) is 5.75 Å². The molecule has 0 heterocycles. The lowest BCUT2D eigenvalue weighted by atomic mass is 9.89. The molecule has 1 unspecified atom stereocenters. The molecule has 0 spiro atoms. The van der Waals surface area contributed by atoms with Crippen molar-refractivity contribution in [1.82, 2.24) is 10.2 Å². The number of hydrogen-bond donors (Lipinski definition) is 1. The molecular weight excluding hydrogens is 264 g/mol. The van der Waals surface area contributed by atoms with Crippen molar-refractivity contribution in [3.8, 4) is 5.75 Å². The van der Waals surface area contributed by atoms with E-state index in [1.807, 2.05) is 45.4 Å². The Kier molecular flexibility index (Phi) is 5.76. The minimum Gasteiger partial charge on any atom is -0.426 e. The largest absolute Gasteiger partial charge is 0.426 e. The summed E-state index contributed by atoms with van der Waals surface area (Å²) < 4.78 is 5.51. The van der Waals surface area contributed by atoms with Gasteiger partial charge in [0.05, 0.1) is 12.1 Å². The summed E-state index contributed by atoms with van der Waals surface area (Å²) in [5.41, 5.74) is 1.15. The first-order chi connectivity index (χ1) is 10.1. The number of carbonyl (C=O) groups excluding carboxylic acids is 1. The van der Waals surface area contributed by atoms with Crippen LogP contribution < -0.4 is 10.1 Å². The summed E-state index contributed by atoms with van der Waals surface area (Å²) in [6.45, 7) is 0. The number of nitrogens with zero attached hydrogens (tertiary/aromatic N) is 1. The van der Waals surface area contributed by atoms with Crippen molar-refractivity contribution in [1.29, 1.82) is 0 Å². The third-order valence-electron chi connectivity index (χ3n) is 4.14. The van der Waals surface area contributed by atoms with Crippen molar-refractivity contribution >= 4 is 5.97 Å². The van der Waals surface area contributed by atoms with Crippen LogP contribution in [0.1, 0.15) is 43.8 Å². The fourth-order valence-corrected chi connectivity index (χ4v) is 2.98. The molecular formula is C17H26N2O2. The highest BCUT2D eigenvalue weighted by molar-refractivity contribution is 5.75. The molecule has 0 aromatic heterocycles. The standard InChI is InChI=1S/C17H26N2O2/c1-18-16(19(2)3)13-9-11-15(12-10-13)21-17(20)14-7-5-4-6-8-14/h9-12,14,16,18H,4-8H2,1-3H3. The van der Waals surface area contributed by atoms with Crippen LogP contribution in [0.3, 0.4) is 0 Å². The van der Waals surface area contributed by atoms with Gasteiger partial charge in [-0.2, -0.15) is 0 Å². The van der Waals surface area contributed by atoms with Crippen molar-refractivity contribution in [2.45, 2.75) is 38.3 Å². The Morgan fingerprint density at radius 1 is 1.19 bits per heavy atom. The molecule has 4 heteroatoms. The average Bonchev–Trinajstić information content (AvgIpc) is 2.50. The van der Waals surface area contributed by atoms with Crippen LogP contribution in [0.25, 0.3) is 0 Å². The van der Waals surface area contributed by atoms with Gasteiger partial charge >= 0.3 is 5.97 Å². The van der Waals surface area contributed by atoms with Gasteiger partial charge in [0.15, 0.2) is 0 Å². The van der Waals surface area contributed by atoms with Gasteiger partial charge in [-0.1, -0.05) is 31.4 Å². The Morgan fingerprint density at radius 3 is 2.33 bits per heavy atom. The summed E-state index contributed by atoms with van der Waals surface area (Å²) >= 11 is 0. The Balaban J connectivity index is 1.97. The third-order valence-corrected chi connectivity index (χ3v) is 4.14. The Morgan fingerprint density at radius 2 is 1.81 bits per heavy atom. The van der Waals surface area contributed by atoms with E-state index in [1.54, 1.807) is 0 Å². The van der Waals surface area contributed by atoms with Crippen LogP contribution >= 0.6 is 0 Å². The molecule has 116 valence electrons. The molecule has 0 aliphatic heterocycles. The second kappa shape index (κ2) is 7.57. The van der Waals surface area contributed by atoms with Crippen LogP contribution in [0.4, 0.5) is 0 Å². The molecule has 0 saturated heterocycles. The average molecular weight is 290 g/mol. The number of nitrogens with one attached hydrogen (secondary N) is 1. The molecule has 1 fully saturated rings. The van der Waals surface area contributed by atoms with E-state index in [-0.39, 0.29) is 18.1 Å². The second-order valence-corrected chi connectivity index (χ2v) is 5.98. The molecule has 0 bridgehead atoms. The van der Waals surface area contributed by atoms with E-state index < -0.39 is 0 Å². The van der Waals surface area contributed by atoms with Crippen LogP contribution in [0, 0.1) is 5.92 Å². The zero-order valence-electron chi connectivity index (χ0n) is 13.3. The second-order valence-electron chi connectivity index (χ2n) is 5.98. The lowest BCUT2D eigenvalue weighted by molar-refractivity contribution is -0.139. The normalized spacial score (nSPS) is 17.7. The van der Waals surface area contributed by atoms with Gasteiger partial charge < -0.3 is 10.1 Å². The molecule has 1 aliphatic rings. The highest BCUT2D eigenvalue weighted by Gasteiger charge is 2.23. The van der Waals surface area contributed by atoms with Gasteiger partial charge in [0.2, 0.25) is 0 Å². The van der Waals surface area contributed by atoms with E-state index in [1.165, 1.54) is 6.42 Å². The van der Waals surface area contributed by atoms with Crippen molar-refractivity contribution in [3.05, 3.63) is 29.8 Å². The molecule has 1 aromatic carbocycles. The Hall–Kier alpha value is -1.39. The minimum absolute atomic E-state index is 0.0692. The quantitative estimate of drug-likeness (QED) is 0.514. The molecule has 1 aromatic rings. The fourth-order valence-electron chi connectivity index (χ4n) is 2.98. The van der Waals surface area contributed by atoms with E-state index >= 15 is 0 Å². The van der Waals surface area contributed by atoms with Crippen LogP contribution in [0.15, 0.2) is 24.3 Å². The van der Waals surface area contributed by atoms with Gasteiger partial charge in [-0.05, 0) is 51.7 Å². The maximum Gasteiger partial charge on any atom is 0.314 e. The summed E-state index contributed by atoms with van der Waals surface area (Å²) in [7, 11) is 5.98. The van der Waals surface area contributed by atoms with Crippen LogP contribution in [0.5, 0.6) is 5.75 Å². The number of hydrogen-bond acceptors (Lipinski definition) is 4. The molecule has 0 radical (unpaired) electrons. The predicted molar refractivity (Wildman–Crippen MR) is 84.1 cm³/mol. The SMILES string of the molecule is CNC(c1ccc(OC(=O)C2CCCCC2)cc1)N(C)C. The van der Waals surface area contributed by atoms with Crippen LogP contribution in [0.2, 0.25) is 0 Å². The number of rotatable bonds is 5. The minimum atomic E-state index is -0.0692. The lowest BCUT2D eigenvalue weighted by Gasteiger charge is -2.24. The van der Waals surface area contributed by atoms with Crippen molar-refractivity contribution < 1.29 is 9.53 Å². The molecule has 1 atom stereocenters. The van der Waals surface area contributed by atoms with E-state index in [2.05, 4.69) is 10.2 Å². The predicted octanol–water partition coefficient (Wildman–Crippen LogP) is 2.95. The van der Waals surface area contributed by atoms with Gasteiger partial charge in [-0.15, -0.1) is 0 Å². The number of carbonyl (C=O) groups is 1. The van der Waals surface area contributed by atoms with Gasteiger partial charge in [0.25, 0.3) is 0 Å². The third kappa shape index (κ3) is 4.29. The van der Waals surface area contributed by atoms with Crippen molar-refractivity contribution in [2.24, 2.45) is 5.92 Å². The summed E-state index contributed by atoms with van der Waals surface area (Å²) in [5.74, 6) is 0.661.